The second-order valence-corrected chi connectivity index (χ2v) is 7.86. The van der Waals surface area contributed by atoms with Gasteiger partial charge in [-0.05, 0) is 60.2 Å². The number of benzene rings is 2. The van der Waals surface area contributed by atoms with Crippen molar-refractivity contribution in [1.82, 2.24) is 0 Å². The molecule has 27 heavy (non-hydrogen) atoms. The Kier molecular flexibility index (Phi) is 4.54. The van der Waals surface area contributed by atoms with E-state index in [1.54, 1.807) is 0 Å². The highest BCUT2D eigenvalue weighted by Gasteiger charge is 2.21. The van der Waals surface area contributed by atoms with Crippen LogP contribution in [0.25, 0.3) is 10.4 Å². The van der Waals surface area contributed by atoms with E-state index in [2.05, 4.69) is 28.8 Å². The van der Waals surface area contributed by atoms with Gasteiger partial charge in [-0.2, -0.15) is 0 Å². The van der Waals surface area contributed by atoms with Gasteiger partial charge in [-0.1, -0.05) is 30.3 Å². The quantitative estimate of drug-likeness (QED) is 0.673. The number of hydrogen-bond acceptors (Lipinski definition) is 3. The lowest BCUT2D eigenvalue weighted by molar-refractivity contribution is -0.114. The minimum absolute atomic E-state index is 0.149. The van der Waals surface area contributed by atoms with Crippen LogP contribution in [0.2, 0.25) is 0 Å². The van der Waals surface area contributed by atoms with Crippen LogP contribution in [-0.2, 0) is 17.6 Å². The molecule has 1 aromatic heterocycles. The van der Waals surface area contributed by atoms with Gasteiger partial charge in [0.1, 0.15) is 0 Å². The molecule has 1 aliphatic carbocycles. The van der Waals surface area contributed by atoms with Gasteiger partial charge in [-0.3, -0.25) is 9.59 Å². The summed E-state index contributed by atoms with van der Waals surface area (Å²) in [7, 11) is 0. The predicted molar refractivity (Wildman–Crippen MR) is 111 cm³/mol. The van der Waals surface area contributed by atoms with Crippen molar-refractivity contribution in [2.75, 3.05) is 10.6 Å². The maximum Gasteiger partial charge on any atom is 0.265 e. The molecule has 3 aromatic rings. The normalized spacial score (nSPS) is 12.1. The molecule has 0 bridgehead atoms. The van der Waals surface area contributed by atoms with Crippen LogP contribution in [-0.4, -0.2) is 11.8 Å². The Labute approximate surface area is 162 Å². The molecule has 4 nitrogen and oxygen atoms in total. The standard InChI is InChI=1S/C22H20N2O2S/c1-13-7-10-18(23-14(2)25)19(11-13)24-22(26)20-12-16-9-8-15-5-3-4-6-17(15)21(16)27-20/h3-7,10-12H,8-9H2,1-2H3,(H,23,25)(H,24,26). The molecule has 4 rings (SSSR count). The van der Waals surface area contributed by atoms with Gasteiger partial charge in [0.25, 0.3) is 5.91 Å². The van der Waals surface area contributed by atoms with Gasteiger partial charge < -0.3 is 10.6 Å². The summed E-state index contributed by atoms with van der Waals surface area (Å²) in [6, 6.07) is 16.0. The van der Waals surface area contributed by atoms with Crippen LogP contribution < -0.4 is 10.6 Å². The SMILES string of the molecule is CC(=O)Nc1ccc(C)cc1NC(=O)c1cc2c(s1)-c1ccccc1CC2. The molecule has 0 spiro atoms. The van der Waals surface area contributed by atoms with E-state index in [-0.39, 0.29) is 11.8 Å². The third kappa shape index (κ3) is 3.51. The van der Waals surface area contributed by atoms with E-state index in [9.17, 15) is 9.59 Å². The fourth-order valence-electron chi connectivity index (χ4n) is 3.43. The average molecular weight is 376 g/mol. The number of fused-ring (bicyclic) bond motifs is 3. The smallest absolute Gasteiger partial charge is 0.265 e. The minimum atomic E-state index is -0.169. The first kappa shape index (κ1) is 17.5. The first-order chi connectivity index (χ1) is 13.0. The third-order valence-corrected chi connectivity index (χ3v) is 5.90. The second kappa shape index (κ2) is 7.00. The lowest BCUT2D eigenvalue weighted by Crippen LogP contribution is -2.14. The second-order valence-electron chi connectivity index (χ2n) is 6.81. The summed E-state index contributed by atoms with van der Waals surface area (Å²) >= 11 is 1.53. The van der Waals surface area contributed by atoms with Gasteiger partial charge in [0.2, 0.25) is 5.91 Å². The molecule has 0 saturated heterocycles. The first-order valence-electron chi connectivity index (χ1n) is 8.92. The molecule has 0 atom stereocenters. The monoisotopic (exact) mass is 376 g/mol. The lowest BCUT2D eigenvalue weighted by atomic mass is 9.91. The van der Waals surface area contributed by atoms with Crippen molar-refractivity contribution in [3.63, 3.8) is 0 Å². The summed E-state index contributed by atoms with van der Waals surface area (Å²) in [4.78, 5) is 26.2. The first-order valence-corrected chi connectivity index (χ1v) is 9.73. The molecular formula is C22H20N2O2S. The summed E-state index contributed by atoms with van der Waals surface area (Å²) < 4.78 is 0. The molecule has 2 aromatic carbocycles. The van der Waals surface area contributed by atoms with Gasteiger partial charge in [-0.15, -0.1) is 11.3 Å². The molecule has 0 saturated carbocycles. The number of nitrogens with one attached hydrogen (secondary N) is 2. The highest BCUT2D eigenvalue weighted by molar-refractivity contribution is 7.17. The van der Waals surface area contributed by atoms with E-state index in [1.165, 1.54) is 39.8 Å². The van der Waals surface area contributed by atoms with E-state index in [1.807, 2.05) is 37.3 Å². The maximum absolute atomic E-state index is 12.9. The van der Waals surface area contributed by atoms with Crippen LogP contribution in [0, 0.1) is 6.92 Å². The van der Waals surface area contributed by atoms with Gasteiger partial charge >= 0.3 is 0 Å². The highest BCUT2D eigenvalue weighted by Crippen LogP contribution is 2.39. The molecule has 0 aliphatic heterocycles. The molecule has 2 amide bonds. The van der Waals surface area contributed by atoms with Gasteiger partial charge in [0.15, 0.2) is 0 Å². The number of hydrogen-bond donors (Lipinski definition) is 2. The van der Waals surface area contributed by atoms with Crippen LogP contribution in [0.3, 0.4) is 0 Å². The molecular weight excluding hydrogens is 356 g/mol. The number of carbonyl (C=O) groups is 2. The van der Waals surface area contributed by atoms with Crippen LogP contribution in [0.4, 0.5) is 11.4 Å². The van der Waals surface area contributed by atoms with Crippen molar-refractivity contribution in [3.05, 3.63) is 70.1 Å². The van der Waals surface area contributed by atoms with Crippen LogP contribution in [0.5, 0.6) is 0 Å². The average Bonchev–Trinajstić information content (AvgIpc) is 3.08. The topological polar surface area (TPSA) is 58.2 Å². The van der Waals surface area contributed by atoms with Gasteiger partial charge in [0.05, 0.1) is 16.3 Å². The molecule has 0 unspecified atom stereocenters. The summed E-state index contributed by atoms with van der Waals surface area (Å²) in [6.07, 6.45) is 1.96. The minimum Gasteiger partial charge on any atom is -0.325 e. The number of aryl methyl sites for hydroxylation is 3. The summed E-state index contributed by atoms with van der Waals surface area (Å²) in [5.74, 6) is -0.318. The van der Waals surface area contributed by atoms with Crippen LogP contribution in [0.15, 0.2) is 48.5 Å². The van der Waals surface area contributed by atoms with E-state index < -0.39 is 0 Å². The van der Waals surface area contributed by atoms with Crippen molar-refractivity contribution in [2.45, 2.75) is 26.7 Å². The Morgan fingerprint density at radius 2 is 1.70 bits per heavy atom. The van der Waals surface area contributed by atoms with Gasteiger partial charge in [-0.25, -0.2) is 0 Å². The Balaban J connectivity index is 1.64. The Hall–Kier alpha value is -2.92. The van der Waals surface area contributed by atoms with E-state index in [4.69, 9.17) is 0 Å². The zero-order valence-electron chi connectivity index (χ0n) is 15.3. The highest BCUT2D eigenvalue weighted by atomic mass is 32.1. The van der Waals surface area contributed by atoms with Crippen molar-refractivity contribution in [3.8, 4) is 10.4 Å². The van der Waals surface area contributed by atoms with Gasteiger partial charge in [0, 0.05) is 11.8 Å². The molecule has 0 fully saturated rings. The predicted octanol–water partition coefficient (Wildman–Crippen LogP) is 5.03. The molecule has 5 heteroatoms. The van der Waals surface area contributed by atoms with Crippen molar-refractivity contribution >= 4 is 34.5 Å². The number of amides is 2. The number of thiophene rings is 1. The van der Waals surface area contributed by atoms with Crippen molar-refractivity contribution in [2.24, 2.45) is 0 Å². The molecule has 136 valence electrons. The largest absolute Gasteiger partial charge is 0.325 e. The summed E-state index contributed by atoms with van der Waals surface area (Å²) in [5, 5.41) is 5.73. The Bertz CT molecular complexity index is 1050. The van der Waals surface area contributed by atoms with Crippen LogP contribution >= 0.6 is 11.3 Å². The summed E-state index contributed by atoms with van der Waals surface area (Å²) in [5.41, 5.74) is 6.03. The van der Waals surface area contributed by atoms with E-state index >= 15 is 0 Å². The summed E-state index contributed by atoms with van der Waals surface area (Å²) in [6.45, 7) is 3.41. The Morgan fingerprint density at radius 1 is 0.926 bits per heavy atom. The van der Waals surface area contributed by atoms with Crippen LogP contribution in [0.1, 0.15) is 33.3 Å². The zero-order valence-corrected chi connectivity index (χ0v) is 16.1. The van der Waals surface area contributed by atoms with Crippen molar-refractivity contribution < 1.29 is 9.59 Å². The molecule has 2 N–H and O–H groups in total. The van der Waals surface area contributed by atoms with Crippen molar-refractivity contribution in [1.29, 1.82) is 0 Å². The molecule has 1 heterocycles. The van der Waals surface area contributed by atoms with E-state index in [0.29, 0.717) is 16.3 Å². The number of rotatable bonds is 3. The molecule has 0 radical (unpaired) electrons. The Morgan fingerprint density at radius 3 is 2.52 bits per heavy atom. The zero-order chi connectivity index (χ0) is 19.0. The lowest BCUT2D eigenvalue weighted by Gasteiger charge is -2.15. The fraction of sp³-hybridized carbons (Fsp3) is 0.182. The van der Waals surface area contributed by atoms with E-state index in [0.717, 1.165) is 18.4 Å². The molecule has 1 aliphatic rings. The fourth-order valence-corrected chi connectivity index (χ4v) is 4.59. The maximum atomic E-state index is 12.9. The number of carbonyl (C=O) groups excluding carboxylic acids is 2. The number of anilines is 2. The third-order valence-electron chi connectivity index (χ3n) is 4.69.